The Kier molecular flexibility index (Phi) is 3.39. The van der Waals surface area contributed by atoms with E-state index >= 15 is 0 Å². The molecule has 3 rings (SSSR count). The molecule has 1 aromatic carbocycles. The van der Waals surface area contributed by atoms with E-state index in [0.717, 1.165) is 34.3 Å². The second kappa shape index (κ2) is 5.01. The predicted molar refractivity (Wildman–Crippen MR) is 75.2 cm³/mol. The van der Waals surface area contributed by atoms with Gasteiger partial charge in [-0.2, -0.15) is 0 Å². The van der Waals surface area contributed by atoms with Crippen LogP contribution in [0, 0.1) is 5.92 Å². The molecule has 96 valence electrons. The van der Waals surface area contributed by atoms with Gasteiger partial charge in [0.2, 0.25) is 0 Å². The molecule has 2 heterocycles. The molecular formula is C13H16BrN3O. The van der Waals surface area contributed by atoms with Crippen LogP contribution >= 0.6 is 15.9 Å². The predicted octanol–water partition coefficient (Wildman–Crippen LogP) is 2.18. The van der Waals surface area contributed by atoms with Gasteiger partial charge in [-0.15, -0.1) is 0 Å². The third-order valence-electron chi connectivity index (χ3n) is 3.36. The van der Waals surface area contributed by atoms with Crippen LogP contribution in [0.25, 0.3) is 11.0 Å². The Morgan fingerprint density at radius 3 is 3.17 bits per heavy atom. The largest absolute Gasteiger partial charge is 0.459 e. The van der Waals surface area contributed by atoms with E-state index in [2.05, 4.69) is 44.2 Å². The normalized spacial score (nSPS) is 23.9. The summed E-state index contributed by atoms with van der Waals surface area (Å²) in [5, 5.41) is 4.36. The number of hydrazine groups is 1. The Morgan fingerprint density at radius 2 is 2.33 bits per heavy atom. The molecule has 2 unspecified atom stereocenters. The van der Waals surface area contributed by atoms with Gasteiger partial charge in [0.05, 0.1) is 6.04 Å². The summed E-state index contributed by atoms with van der Waals surface area (Å²) in [6.07, 6.45) is 0. The van der Waals surface area contributed by atoms with E-state index in [-0.39, 0.29) is 6.04 Å². The molecule has 1 fully saturated rings. The van der Waals surface area contributed by atoms with E-state index in [9.17, 15) is 0 Å². The minimum Gasteiger partial charge on any atom is -0.459 e. The Bertz CT molecular complexity index is 554. The molecule has 1 aromatic heterocycles. The summed E-state index contributed by atoms with van der Waals surface area (Å²) < 4.78 is 7.01. The van der Waals surface area contributed by atoms with Crippen molar-refractivity contribution in [3.05, 3.63) is 34.5 Å². The lowest BCUT2D eigenvalue weighted by Crippen LogP contribution is -2.26. The zero-order chi connectivity index (χ0) is 12.5. The van der Waals surface area contributed by atoms with Gasteiger partial charge in [-0.1, -0.05) is 15.9 Å². The Hall–Kier alpha value is -0.880. The van der Waals surface area contributed by atoms with Crippen molar-refractivity contribution in [2.75, 3.05) is 20.1 Å². The van der Waals surface area contributed by atoms with Crippen molar-refractivity contribution in [2.24, 2.45) is 5.92 Å². The zero-order valence-corrected chi connectivity index (χ0v) is 11.8. The van der Waals surface area contributed by atoms with Crippen LogP contribution in [0.4, 0.5) is 0 Å². The molecule has 0 saturated carbocycles. The average molecular weight is 310 g/mol. The summed E-state index contributed by atoms with van der Waals surface area (Å²) in [4.78, 5) is 0. The van der Waals surface area contributed by atoms with Gasteiger partial charge < -0.3 is 9.73 Å². The van der Waals surface area contributed by atoms with Crippen molar-refractivity contribution in [1.82, 2.24) is 16.2 Å². The van der Waals surface area contributed by atoms with Crippen molar-refractivity contribution in [3.63, 3.8) is 0 Å². The molecule has 0 amide bonds. The first-order valence-corrected chi connectivity index (χ1v) is 6.89. The van der Waals surface area contributed by atoms with Crippen LogP contribution in [0.5, 0.6) is 0 Å². The molecule has 3 N–H and O–H groups in total. The van der Waals surface area contributed by atoms with Gasteiger partial charge in [0.15, 0.2) is 0 Å². The highest BCUT2D eigenvalue weighted by atomic mass is 79.9. The maximum Gasteiger partial charge on any atom is 0.134 e. The third kappa shape index (κ3) is 2.19. The maximum absolute atomic E-state index is 5.93. The molecule has 2 atom stereocenters. The molecule has 5 heteroatoms. The van der Waals surface area contributed by atoms with Gasteiger partial charge >= 0.3 is 0 Å². The fourth-order valence-corrected chi connectivity index (χ4v) is 2.86. The van der Waals surface area contributed by atoms with Gasteiger partial charge in [-0.3, -0.25) is 5.43 Å². The third-order valence-corrected chi connectivity index (χ3v) is 3.86. The number of hydrogen-bond donors (Lipinski definition) is 3. The lowest BCUT2D eigenvalue weighted by Gasteiger charge is -2.15. The highest BCUT2D eigenvalue weighted by Crippen LogP contribution is 2.31. The van der Waals surface area contributed by atoms with E-state index in [1.165, 1.54) is 0 Å². The molecule has 0 radical (unpaired) electrons. The fourth-order valence-electron chi connectivity index (χ4n) is 2.48. The summed E-state index contributed by atoms with van der Waals surface area (Å²) >= 11 is 3.48. The summed E-state index contributed by atoms with van der Waals surface area (Å²) in [5.74, 6) is 1.49. The number of halogens is 1. The maximum atomic E-state index is 5.93. The van der Waals surface area contributed by atoms with E-state index in [4.69, 9.17) is 4.42 Å². The first kappa shape index (κ1) is 12.2. The second-order valence-corrected chi connectivity index (χ2v) is 5.57. The molecule has 2 aromatic rings. The van der Waals surface area contributed by atoms with Crippen molar-refractivity contribution in [1.29, 1.82) is 0 Å². The Morgan fingerprint density at radius 1 is 1.44 bits per heavy atom. The highest BCUT2D eigenvalue weighted by Gasteiger charge is 2.30. The number of nitrogens with one attached hydrogen (secondary N) is 3. The topological polar surface area (TPSA) is 49.2 Å². The Labute approximate surface area is 114 Å². The fraction of sp³-hybridized carbons (Fsp3) is 0.385. The van der Waals surface area contributed by atoms with Crippen LogP contribution < -0.4 is 16.2 Å². The van der Waals surface area contributed by atoms with Crippen molar-refractivity contribution in [3.8, 4) is 0 Å². The standard InChI is InChI=1S/C13H16BrN3O/c1-15-6-9-7-16-17-13(9)12-5-8-4-10(14)2-3-11(8)18-12/h2-5,9,13,15-17H,6-7H2,1H3. The molecule has 1 saturated heterocycles. The van der Waals surface area contributed by atoms with Crippen LogP contribution in [-0.4, -0.2) is 20.1 Å². The molecular weight excluding hydrogens is 294 g/mol. The van der Waals surface area contributed by atoms with E-state index in [0.29, 0.717) is 5.92 Å². The highest BCUT2D eigenvalue weighted by molar-refractivity contribution is 9.10. The van der Waals surface area contributed by atoms with Crippen LogP contribution in [0.2, 0.25) is 0 Å². The molecule has 4 nitrogen and oxygen atoms in total. The van der Waals surface area contributed by atoms with Crippen molar-refractivity contribution < 1.29 is 4.42 Å². The van der Waals surface area contributed by atoms with Gasteiger partial charge in [0.25, 0.3) is 0 Å². The smallest absolute Gasteiger partial charge is 0.134 e. The summed E-state index contributed by atoms with van der Waals surface area (Å²) in [7, 11) is 1.98. The number of hydrogen-bond acceptors (Lipinski definition) is 4. The number of benzene rings is 1. The summed E-state index contributed by atoms with van der Waals surface area (Å²) in [6, 6.07) is 8.42. The first-order valence-electron chi connectivity index (χ1n) is 6.10. The number of rotatable bonds is 3. The molecule has 1 aliphatic rings. The van der Waals surface area contributed by atoms with Crippen LogP contribution in [-0.2, 0) is 0 Å². The van der Waals surface area contributed by atoms with Crippen LogP contribution in [0.1, 0.15) is 11.8 Å². The number of fused-ring (bicyclic) bond motifs is 1. The average Bonchev–Trinajstić information content (AvgIpc) is 2.94. The SMILES string of the molecule is CNCC1CNNC1c1cc2cc(Br)ccc2o1. The van der Waals surface area contributed by atoms with Crippen molar-refractivity contribution in [2.45, 2.75) is 6.04 Å². The monoisotopic (exact) mass is 309 g/mol. The molecule has 18 heavy (non-hydrogen) atoms. The quantitative estimate of drug-likeness (QED) is 0.813. The van der Waals surface area contributed by atoms with Gasteiger partial charge in [-0.25, -0.2) is 5.43 Å². The minimum atomic E-state index is 0.226. The minimum absolute atomic E-state index is 0.226. The number of furan rings is 1. The Balaban J connectivity index is 1.93. The van der Waals surface area contributed by atoms with E-state index in [1.807, 2.05) is 19.2 Å². The summed E-state index contributed by atoms with van der Waals surface area (Å²) in [6.45, 7) is 1.91. The lowest BCUT2D eigenvalue weighted by atomic mass is 10.00. The van der Waals surface area contributed by atoms with Gasteiger partial charge in [0, 0.05) is 28.9 Å². The van der Waals surface area contributed by atoms with Crippen LogP contribution in [0.3, 0.4) is 0 Å². The molecule has 1 aliphatic heterocycles. The van der Waals surface area contributed by atoms with Crippen molar-refractivity contribution >= 4 is 26.9 Å². The van der Waals surface area contributed by atoms with Gasteiger partial charge in [-0.05, 0) is 31.3 Å². The first-order chi connectivity index (χ1) is 8.78. The zero-order valence-electron chi connectivity index (χ0n) is 10.2. The van der Waals surface area contributed by atoms with Crippen LogP contribution in [0.15, 0.2) is 33.2 Å². The second-order valence-electron chi connectivity index (χ2n) is 4.65. The molecule has 0 aliphatic carbocycles. The van der Waals surface area contributed by atoms with E-state index in [1.54, 1.807) is 0 Å². The lowest BCUT2D eigenvalue weighted by molar-refractivity contribution is 0.385. The van der Waals surface area contributed by atoms with E-state index < -0.39 is 0 Å². The molecule has 0 bridgehead atoms. The molecule has 0 spiro atoms. The van der Waals surface area contributed by atoms with Gasteiger partial charge in [0.1, 0.15) is 11.3 Å². The summed E-state index contributed by atoms with van der Waals surface area (Å²) in [5.41, 5.74) is 7.43.